The second-order valence-corrected chi connectivity index (χ2v) is 3.51. The number of allylic oxidation sites excluding steroid dienone is 2. The van der Waals surface area contributed by atoms with Crippen LogP contribution < -0.4 is 0 Å². The molecule has 0 aromatic heterocycles. The second kappa shape index (κ2) is 4.18. The lowest BCUT2D eigenvalue weighted by Gasteiger charge is -2.23. The van der Waals surface area contributed by atoms with Crippen molar-refractivity contribution in [3.63, 3.8) is 0 Å². The zero-order chi connectivity index (χ0) is 8.10. The zero-order valence-electron chi connectivity index (χ0n) is 7.09. The van der Waals surface area contributed by atoms with Crippen molar-refractivity contribution in [3.8, 4) is 6.07 Å². The Morgan fingerprint density at radius 2 is 1.91 bits per heavy atom. The highest BCUT2D eigenvalue weighted by Gasteiger charge is 2.15. The molecule has 0 aromatic rings. The molecule has 0 heterocycles. The van der Waals surface area contributed by atoms with Crippen LogP contribution >= 0.6 is 0 Å². The molecule has 0 N–H and O–H groups in total. The number of rotatable bonds is 1. The van der Waals surface area contributed by atoms with Gasteiger partial charge in [0.1, 0.15) is 0 Å². The van der Waals surface area contributed by atoms with Crippen molar-refractivity contribution >= 4 is 0 Å². The highest BCUT2D eigenvalue weighted by atomic mass is 14.2. The lowest BCUT2D eigenvalue weighted by atomic mass is 9.83. The van der Waals surface area contributed by atoms with E-state index in [1.54, 1.807) is 6.08 Å². The first kappa shape index (κ1) is 8.33. The first-order chi connectivity index (χ1) is 5.33. The monoisotopic (exact) mass is 149 g/mol. The lowest BCUT2D eigenvalue weighted by molar-refractivity contribution is 0.330. The van der Waals surface area contributed by atoms with Gasteiger partial charge in [0.15, 0.2) is 0 Å². The zero-order valence-corrected chi connectivity index (χ0v) is 7.09. The van der Waals surface area contributed by atoms with Crippen LogP contribution in [-0.4, -0.2) is 0 Å². The van der Waals surface area contributed by atoms with Gasteiger partial charge in [-0.05, 0) is 24.7 Å². The van der Waals surface area contributed by atoms with Gasteiger partial charge in [-0.3, -0.25) is 0 Å². The maximum atomic E-state index is 8.31. The van der Waals surface area contributed by atoms with E-state index in [4.69, 9.17) is 5.26 Å². The van der Waals surface area contributed by atoms with E-state index < -0.39 is 0 Å². The Kier molecular flexibility index (Phi) is 3.16. The molecule has 0 atom stereocenters. The first-order valence-corrected chi connectivity index (χ1v) is 4.39. The molecular formula is C10H15N. The third kappa shape index (κ3) is 2.76. The Morgan fingerprint density at radius 1 is 1.27 bits per heavy atom. The fourth-order valence-corrected chi connectivity index (χ4v) is 1.66. The molecule has 11 heavy (non-hydrogen) atoms. The molecule has 0 spiro atoms. The van der Waals surface area contributed by atoms with Crippen molar-refractivity contribution in [2.24, 2.45) is 11.8 Å². The van der Waals surface area contributed by atoms with Crippen molar-refractivity contribution in [1.82, 2.24) is 0 Å². The Morgan fingerprint density at radius 3 is 2.45 bits per heavy atom. The van der Waals surface area contributed by atoms with Crippen LogP contribution in [0.5, 0.6) is 0 Å². The molecule has 1 saturated carbocycles. The minimum Gasteiger partial charge on any atom is -0.193 e. The van der Waals surface area contributed by atoms with E-state index in [-0.39, 0.29) is 0 Å². The van der Waals surface area contributed by atoms with E-state index >= 15 is 0 Å². The molecular weight excluding hydrogens is 134 g/mol. The Labute approximate surface area is 68.7 Å². The smallest absolute Gasteiger partial charge is 0.0908 e. The molecule has 1 aliphatic rings. The molecule has 0 saturated heterocycles. The van der Waals surface area contributed by atoms with Crippen LogP contribution in [0, 0.1) is 23.2 Å². The number of nitrogens with zero attached hydrogens (tertiary/aromatic N) is 1. The normalized spacial score (nSPS) is 32.0. The molecule has 1 nitrogen and oxygen atoms in total. The van der Waals surface area contributed by atoms with Crippen LogP contribution in [0.2, 0.25) is 0 Å². The molecule has 0 unspecified atom stereocenters. The molecule has 60 valence electrons. The van der Waals surface area contributed by atoms with Gasteiger partial charge in [0.25, 0.3) is 0 Å². The lowest BCUT2D eigenvalue weighted by Crippen LogP contribution is -2.09. The summed E-state index contributed by atoms with van der Waals surface area (Å²) in [6.45, 7) is 2.31. The fourth-order valence-electron chi connectivity index (χ4n) is 1.66. The first-order valence-electron chi connectivity index (χ1n) is 4.39. The summed E-state index contributed by atoms with van der Waals surface area (Å²) in [5.74, 6) is 1.59. The summed E-state index contributed by atoms with van der Waals surface area (Å²) in [4.78, 5) is 0. The van der Waals surface area contributed by atoms with Crippen LogP contribution in [0.1, 0.15) is 32.6 Å². The predicted octanol–water partition coefficient (Wildman–Crippen LogP) is 2.89. The number of nitriles is 1. The van der Waals surface area contributed by atoms with E-state index in [1.165, 1.54) is 25.7 Å². The standard InChI is InChI=1S/C10H15N/c1-9-4-6-10(7-5-9)3-2-8-11/h2-3,9-10H,4-7H2,1H3. The van der Waals surface area contributed by atoms with E-state index in [1.807, 2.05) is 6.07 Å². The van der Waals surface area contributed by atoms with Gasteiger partial charge in [-0.2, -0.15) is 5.26 Å². The van der Waals surface area contributed by atoms with Gasteiger partial charge in [0.05, 0.1) is 6.07 Å². The molecule has 1 rings (SSSR count). The van der Waals surface area contributed by atoms with Crippen LogP contribution in [0.25, 0.3) is 0 Å². The maximum Gasteiger partial charge on any atom is 0.0908 e. The summed E-state index contributed by atoms with van der Waals surface area (Å²) in [6, 6.07) is 2.05. The Bertz CT molecular complexity index is 168. The van der Waals surface area contributed by atoms with E-state index in [0.29, 0.717) is 5.92 Å². The van der Waals surface area contributed by atoms with Crippen LogP contribution in [0.4, 0.5) is 0 Å². The van der Waals surface area contributed by atoms with Gasteiger partial charge < -0.3 is 0 Å². The topological polar surface area (TPSA) is 23.8 Å². The molecule has 1 heteroatoms. The summed E-state index contributed by atoms with van der Waals surface area (Å²) in [5, 5.41) is 8.31. The summed E-state index contributed by atoms with van der Waals surface area (Å²) in [7, 11) is 0. The average Bonchev–Trinajstić information content (AvgIpc) is 2.04. The van der Waals surface area contributed by atoms with Gasteiger partial charge in [0.2, 0.25) is 0 Å². The number of hydrogen-bond acceptors (Lipinski definition) is 1. The van der Waals surface area contributed by atoms with Crippen LogP contribution in [0.3, 0.4) is 0 Å². The molecule has 0 bridgehead atoms. The summed E-state index contributed by atoms with van der Waals surface area (Å²) < 4.78 is 0. The summed E-state index contributed by atoms with van der Waals surface area (Å²) >= 11 is 0. The van der Waals surface area contributed by atoms with Crippen molar-refractivity contribution in [1.29, 1.82) is 5.26 Å². The highest BCUT2D eigenvalue weighted by molar-refractivity contribution is 5.04. The van der Waals surface area contributed by atoms with Crippen molar-refractivity contribution < 1.29 is 0 Å². The molecule has 0 aromatic carbocycles. The molecule has 0 aliphatic heterocycles. The maximum absolute atomic E-state index is 8.31. The Balaban J connectivity index is 2.29. The number of hydrogen-bond donors (Lipinski definition) is 0. The largest absolute Gasteiger partial charge is 0.193 e. The molecule has 0 amide bonds. The quantitative estimate of drug-likeness (QED) is 0.526. The second-order valence-electron chi connectivity index (χ2n) is 3.51. The van der Waals surface area contributed by atoms with Crippen molar-refractivity contribution in [3.05, 3.63) is 12.2 Å². The van der Waals surface area contributed by atoms with E-state index in [0.717, 1.165) is 5.92 Å². The van der Waals surface area contributed by atoms with Gasteiger partial charge in [0, 0.05) is 6.08 Å². The highest BCUT2D eigenvalue weighted by Crippen LogP contribution is 2.28. The molecule has 1 fully saturated rings. The van der Waals surface area contributed by atoms with Crippen LogP contribution in [0.15, 0.2) is 12.2 Å². The van der Waals surface area contributed by atoms with Gasteiger partial charge in [-0.15, -0.1) is 0 Å². The molecule has 1 aliphatic carbocycles. The minimum absolute atomic E-state index is 0.686. The third-order valence-corrected chi connectivity index (χ3v) is 2.50. The average molecular weight is 149 g/mol. The van der Waals surface area contributed by atoms with Crippen molar-refractivity contribution in [2.45, 2.75) is 32.6 Å². The summed E-state index contributed by atoms with van der Waals surface area (Å²) in [5.41, 5.74) is 0. The van der Waals surface area contributed by atoms with Gasteiger partial charge in [-0.25, -0.2) is 0 Å². The van der Waals surface area contributed by atoms with E-state index in [2.05, 4.69) is 13.0 Å². The fraction of sp³-hybridized carbons (Fsp3) is 0.700. The van der Waals surface area contributed by atoms with E-state index in [9.17, 15) is 0 Å². The predicted molar refractivity (Wildman–Crippen MR) is 45.9 cm³/mol. The van der Waals surface area contributed by atoms with Gasteiger partial charge in [-0.1, -0.05) is 25.8 Å². The van der Waals surface area contributed by atoms with Crippen molar-refractivity contribution in [2.75, 3.05) is 0 Å². The van der Waals surface area contributed by atoms with Crippen LogP contribution in [-0.2, 0) is 0 Å². The third-order valence-electron chi connectivity index (χ3n) is 2.50. The summed E-state index contributed by atoms with van der Waals surface area (Å²) in [6.07, 6.45) is 8.91. The minimum atomic E-state index is 0.686. The Hall–Kier alpha value is -0.770. The SMILES string of the molecule is CC1CCC(C=CC#N)CC1. The molecule has 0 radical (unpaired) electrons. The van der Waals surface area contributed by atoms with Gasteiger partial charge >= 0.3 is 0 Å².